The number of ether oxygens (including phenoxy) is 1. The van der Waals surface area contributed by atoms with Crippen molar-refractivity contribution in [2.75, 3.05) is 32.8 Å². The van der Waals surface area contributed by atoms with E-state index in [0.29, 0.717) is 51.3 Å². The Bertz CT molecular complexity index is 349. The number of hydrogen-bond donors (Lipinski definition) is 3. The number of hydrazine groups is 1. The van der Waals surface area contributed by atoms with Gasteiger partial charge in [0.1, 0.15) is 0 Å². The summed E-state index contributed by atoms with van der Waals surface area (Å²) in [5, 5.41) is 3.33. The molecule has 4 N–H and O–H groups in total. The van der Waals surface area contributed by atoms with Crippen LogP contribution in [-0.2, 0) is 9.53 Å². The molecule has 1 amide bonds. The molecule has 1 aliphatic heterocycles. The molecule has 2 aliphatic rings. The number of nitrogens with zero attached hydrogens (tertiary/aromatic N) is 2. The number of nitrogens with one attached hydrogen (secondary N) is 2. The maximum Gasteiger partial charge on any atom is 0.224 e. The molecule has 7 nitrogen and oxygen atoms in total. The Hall–Kier alpha value is -1.34. The maximum atomic E-state index is 12.0. The SMILES string of the molecule is NNC(=NCCC(=O)N1CCOCC1)NC1CCCCC1. The van der Waals surface area contributed by atoms with Crippen LogP contribution in [0.2, 0.25) is 0 Å². The summed E-state index contributed by atoms with van der Waals surface area (Å²) in [6, 6.07) is 0.448. The van der Waals surface area contributed by atoms with Gasteiger partial charge in [-0.25, -0.2) is 5.84 Å². The predicted molar refractivity (Wildman–Crippen MR) is 81.6 cm³/mol. The van der Waals surface area contributed by atoms with Gasteiger partial charge < -0.3 is 15.0 Å². The fraction of sp³-hybridized carbons (Fsp3) is 0.857. The van der Waals surface area contributed by atoms with Crippen LogP contribution >= 0.6 is 0 Å². The van der Waals surface area contributed by atoms with Crippen molar-refractivity contribution < 1.29 is 9.53 Å². The van der Waals surface area contributed by atoms with Crippen LogP contribution in [0.15, 0.2) is 4.99 Å². The van der Waals surface area contributed by atoms with Crippen LogP contribution in [0.1, 0.15) is 38.5 Å². The molecule has 0 spiro atoms. The highest BCUT2D eigenvalue weighted by atomic mass is 16.5. The predicted octanol–water partition coefficient (Wildman–Crippen LogP) is -0.0231. The van der Waals surface area contributed by atoms with Gasteiger partial charge in [0.15, 0.2) is 0 Å². The molecule has 1 saturated carbocycles. The van der Waals surface area contributed by atoms with E-state index in [0.717, 1.165) is 12.8 Å². The number of morpholine rings is 1. The second-order valence-electron chi connectivity index (χ2n) is 5.60. The van der Waals surface area contributed by atoms with Crippen LogP contribution in [0.4, 0.5) is 0 Å². The third-order valence-corrected chi connectivity index (χ3v) is 4.04. The molecular weight excluding hydrogens is 270 g/mol. The summed E-state index contributed by atoms with van der Waals surface area (Å²) in [7, 11) is 0. The molecule has 0 atom stereocenters. The van der Waals surface area contributed by atoms with E-state index < -0.39 is 0 Å². The summed E-state index contributed by atoms with van der Waals surface area (Å²) in [4.78, 5) is 18.2. The Morgan fingerprint density at radius 1 is 1.24 bits per heavy atom. The molecule has 21 heavy (non-hydrogen) atoms. The summed E-state index contributed by atoms with van der Waals surface area (Å²) in [5.74, 6) is 6.22. The number of carbonyl (C=O) groups is 1. The van der Waals surface area contributed by atoms with Crippen LogP contribution in [-0.4, -0.2) is 55.7 Å². The van der Waals surface area contributed by atoms with Gasteiger partial charge in [-0.3, -0.25) is 15.2 Å². The molecule has 0 aromatic heterocycles. The lowest BCUT2D eigenvalue weighted by molar-refractivity contribution is -0.135. The van der Waals surface area contributed by atoms with E-state index in [1.807, 2.05) is 4.90 Å². The van der Waals surface area contributed by atoms with E-state index in [-0.39, 0.29) is 5.91 Å². The molecular formula is C14H27N5O2. The van der Waals surface area contributed by atoms with Gasteiger partial charge in [-0.1, -0.05) is 19.3 Å². The summed E-state index contributed by atoms with van der Waals surface area (Å²) >= 11 is 0. The van der Waals surface area contributed by atoms with E-state index in [1.54, 1.807) is 0 Å². The summed E-state index contributed by atoms with van der Waals surface area (Å²) in [5.41, 5.74) is 2.60. The largest absolute Gasteiger partial charge is 0.378 e. The highest BCUT2D eigenvalue weighted by Gasteiger charge is 2.17. The normalized spacial score (nSPS) is 21.2. The average Bonchev–Trinajstić information content (AvgIpc) is 2.55. The zero-order valence-corrected chi connectivity index (χ0v) is 12.6. The number of nitrogens with two attached hydrogens (primary N) is 1. The number of guanidine groups is 1. The Labute approximate surface area is 126 Å². The summed E-state index contributed by atoms with van der Waals surface area (Å²) < 4.78 is 5.24. The lowest BCUT2D eigenvalue weighted by Crippen LogP contribution is -2.47. The Balaban J connectivity index is 1.71. The first-order valence-electron chi connectivity index (χ1n) is 7.92. The highest BCUT2D eigenvalue weighted by Crippen LogP contribution is 2.17. The third kappa shape index (κ3) is 5.51. The molecule has 0 radical (unpaired) electrons. The van der Waals surface area contributed by atoms with Gasteiger partial charge >= 0.3 is 0 Å². The molecule has 1 saturated heterocycles. The van der Waals surface area contributed by atoms with Crippen molar-refractivity contribution in [2.45, 2.75) is 44.6 Å². The molecule has 120 valence electrons. The number of amides is 1. The van der Waals surface area contributed by atoms with Crippen LogP contribution in [0.3, 0.4) is 0 Å². The lowest BCUT2D eigenvalue weighted by atomic mass is 9.96. The quantitative estimate of drug-likeness (QED) is 0.293. The minimum absolute atomic E-state index is 0.135. The molecule has 1 heterocycles. The Morgan fingerprint density at radius 3 is 2.62 bits per heavy atom. The Morgan fingerprint density at radius 2 is 1.95 bits per heavy atom. The van der Waals surface area contributed by atoms with Crippen molar-refractivity contribution >= 4 is 11.9 Å². The molecule has 2 rings (SSSR count). The van der Waals surface area contributed by atoms with Crippen molar-refractivity contribution in [3.8, 4) is 0 Å². The van der Waals surface area contributed by atoms with E-state index in [4.69, 9.17) is 10.6 Å². The number of hydrogen-bond acceptors (Lipinski definition) is 4. The van der Waals surface area contributed by atoms with Crippen molar-refractivity contribution in [3.05, 3.63) is 0 Å². The fourth-order valence-corrected chi connectivity index (χ4v) is 2.81. The zero-order chi connectivity index (χ0) is 14.9. The maximum absolute atomic E-state index is 12.0. The number of carbonyl (C=O) groups excluding carboxylic acids is 1. The molecule has 2 fully saturated rings. The first-order chi connectivity index (χ1) is 10.3. The first-order valence-corrected chi connectivity index (χ1v) is 7.92. The molecule has 1 aliphatic carbocycles. The lowest BCUT2D eigenvalue weighted by Gasteiger charge is -2.26. The second kappa shape index (κ2) is 8.84. The van der Waals surface area contributed by atoms with E-state index in [1.165, 1.54) is 19.3 Å². The van der Waals surface area contributed by atoms with Crippen LogP contribution in [0.25, 0.3) is 0 Å². The minimum atomic E-state index is 0.135. The number of aliphatic imine (C=N–C) groups is 1. The molecule has 0 aromatic rings. The Kier molecular flexibility index (Phi) is 6.75. The molecule has 7 heteroatoms. The van der Waals surface area contributed by atoms with E-state index in [9.17, 15) is 4.79 Å². The monoisotopic (exact) mass is 297 g/mol. The zero-order valence-electron chi connectivity index (χ0n) is 12.6. The van der Waals surface area contributed by atoms with Gasteiger partial charge in [-0.05, 0) is 12.8 Å². The minimum Gasteiger partial charge on any atom is -0.378 e. The van der Waals surface area contributed by atoms with Crippen molar-refractivity contribution in [3.63, 3.8) is 0 Å². The van der Waals surface area contributed by atoms with Crippen molar-refractivity contribution in [1.82, 2.24) is 15.6 Å². The first kappa shape index (κ1) is 16.0. The average molecular weight is 297 g/mol. The standard InChI is InChI=1S/C14H27N5O2/c15-18-14(17-12-4-2-1-3-5-12)16-7-6-13(20)19-8-10-21-11-9-19/h12H,1-11,15H2,(H2,16,17,18). The van der Waals surface area contributed by atoms with Gasteiger partial charge in [-0.15, -0.1) is 0 Å². The van der Waals surface area contributed by atoms with Crippen LogP contribution in [0.5, 0.6) is 0 Å². The topological polar surface area (TPSA) is 92.0 Å². The van der Waals surface area contributed by atoms with E-state index >= 15 is 0 Å². The summed E-state index contributed by atoms with van der Waals surface area (Å²) in [6.07, 6.45) is 6.56. The molecule has 0 aromatic carbocycles. The molecule has 0 unspecified atom stereocenters. The molecule has 0 bridgehead atoms. The van der Waals surface area contributed by atoms with Gasteiger partial charge in [-0.2, -0.15) is 0 Å². The van der Waals surface area contributed by atoms with Gasteiger partial charge in [0.25, 0.3) is 0 Å². The fourth-order valence-electron chi connectivity index (χ4n) is 2.81. The number of rotatable bonds is 4. The van der Waals surface area contributed by atoms with Gasteiger partial charge in [0, 0.05) is 25.6 Å². The highest BCUT2D eigenvalue weighted by molar-refractivity contribution is 5.80. The third-order valence-electron chi connectivity index (χ3n) is 4.04. The smallest absolute Gasteiger partial charge is 0.224 e. The van der Waals surface area contributed by atoms with E-state index in [2.05, 4.69) is 15.7 Å². The van der Waals surface area contributed by atoms with Crippen molar-refractivity contribution in [1.29, 1.82) is 0 Å². The van der Waals surface area contributed by atoms with Crippen LogP contribution in [0, 0.1) is 0 Å². The van der Waals surface area contributed by atoms with Gasteiger partial charge in [0.2, 0.25) is 11.9 Å². The second-order valence-corrected chi connectivity index (χ2v) is 5.60. The van der Waals surface area contributed by atoms with Crippen molar-refractivity contribution in [2.24, 2.45) is 10.8 Å². The van der Waals surface area contributed by atoms with Gasteiger partial charge in [0.05, 0.1) is 19.8 Å². The summed E-state index contributed by atoms with van der Waals surface area (Å²) in [6.45, 7) is 3.09. The van der Waals surface area contributed by atoms with Crippen LogP contribution < -0.4 is 16.6 Å².